The van der Waals surface area contributed by atoms with Gasteiger partial charge in [0.15, 0.2) is 0 Å². The van der Waals surface area contributed by atoms with E-state index in [9.17, 15) is 9.90 Å². The van der Waals surface area contributed by atoms with Crippen LogP contribution >= 0.6 is 0 Å². The number of amides is 2. The molecule has 0 spiro atoms. The maximum absolute atomic E-state index is 11.9. The maximum atomic E-state index is 11.9. The van der Waals surface area contributed by atoms with E-state index in [-0.39, 0.29) is 18.6 Å². The summed E-state index contributed by atoms with van der Waals surface area (Å²) in [5, 5.41) is 16.1. The Morgan fingerprint density at radius 2 is 1.86 bits per heavy atom. The van der Waals surface area contributed by atoms with Crippen LogP contribution in [0.1, 0.15) is 58.1 Å². The summed E-state index contributed by atoms with van der Waals surface area (Å²) in [6.07, 6.45) is 6.59. The summed E-state index contributed by atoms with van der Waals surface area (Å²) in [4.78, 5) is 15.9. The largest absolute Gasteiger partial charge is 0.388 e. The van der Waals surface area contributed by atoms with E-state index in [0.717, 1.165) is 18.4 Å². The molecule has 1 unspecified atom stereocenters. The van der Waals surface area contributed by atoms with Crippen molar-refractivity contribution in [3.8, 4) is 0 Å². The Morgan fingerprint density at radius 1 is 1.29 bits per heavy atom. The van der Waals surface area contributed by atoms with Crippen LogP contribution in [0.3, 0.4) is 0 Å². The summed E-state index contributed by atoms with van der Waals surface area (Å²) in [5.41, 5.74) is 0.193. The minimum atomic E-state index is -0.805. The minimum absolute atomic E-state index is 0.0987. The Balaban J connectivity index is 2.46. The number of urea groups is 1. The summed E-state index contributed by atoms with van der Waals surface area (Å²) < 4.78 is 0. The highest BCUT2D eigenvalue weighted by atomic mass is 16.3. The normalized spacial score (nSPS) is 12.8. The van der Waals surface area contributed by atoms with Gasteiger partial charge in [0.2, 0.25) is 0 Å². The molecule has 0 aromatic carbocycles. The molecule has 0 fully saturated rings. The third kappa shape index (κ3) is 6.12. The van der Waals surface area contributed by atoms with Gasteiger partial charge in [-0.15, -0.1) is 0 Å². The molecule has 0 saturated carbocycles. The Bertz CT molecular complexity index is 417. The molecule has 0 aliphatic heterocycles. The topological polar surface area (TPSA) is 74.2 Å². The standard InChI is InChI=1S/C16H27N3O2/c1-4-8-16(21,9-5-2)12-18-15(20)19-13(3)14-6-10-17-11-7-14/h6-7,10-11,13,21H,4-5,8-9,12H2,1-3H3,(H2,18,19,20). The molecule has 1 aromatic heterocycles. The van der Waals surface area contributed by atoms with Gasteiger partial charge in [-0.05, 0) is 37.5 Å². The number of nitrogens with one attached hydrogen (secondary N) is 2. The summed E-state index contributed by atoms with van der Waals surface area (Å²) in [6, 6.07) is 3.38. The lowest BCUT2D eigenvalue weighted by Crippen LogP contribution is -2.46. The summed E-state index contributed by atoms with van der Waals surface area (Å²) in [5.74, 6) is 0. The van der Waals surface area contributed by atoms with Gasteiger partial charge in [-0.25, -0.2) is 4.79 Å². The van der Waals surface area contributed by atoms with Gasteiger partial charge >= 0.3 is 6.03 Å². The third-order valence-corrected chi connectivity index (χ3v) is 3.56. The van der Waals surface area contributed by atoms with Crippen LogP contribution in [0.2, 0.25) is 0 Å². The lowest BCUT2D eigenvalue weighted by molar-refractivity contribution is 0.0240. The van der Waals surface area contributed by atoms with Gasteiger partial charge in [-0.3, -0.25) is 4.98 Å². The highest BCUT2D eigenvalue weighted by Crippen LogP contribution is 2.18. The number of pyridine rings is 1. The predicted molar refractivity (Wildman–Crippen MR) is 84.0 cm³/mol. The maximum Gasteiger partial charge on any atom is 0.315 e. The number of hydrogen-bond donors (Lipinski definition) is 3. The smallest absolute Gasteiger partial charge is 0.315 e. The molecule has 1 atom stereocenters. The molecule has 5 nitrogen and oxygen atoms in total. The second kappa shape index (κ2) is 8.62. The molecule has 1 aromatic rings. The Labute approximate surface area is 127 Å². The van der Waals surface area contributed by atoms with Crippen LogP contribution in [-0.4, -0.2) is 28.3 Å². The van der Waals surface area contributed by atoms with Crippen LogP contribution in [0.5, 0.6) is 0 Å². The predicted octanol–water partition coefficient (Wildman–Crippen LogP) is 2.77. The Hall–Kier alpha value is -1.62. The fraction of sp³-hybridized carbons (Fsp3) is 0.625. The van der Waals surface area contributed by atoms with Gasteiger partial charge in [-0.2, -0.15) is 0 Å². The van der Waals surface area contributed by atoms with Crippen LogP contribution < -0.4 is 10.6 Å². The number of carbonyl (C=O) groups is 1. The number of carbonyl (C=O) groups excluding carboxylic acids is 1. The van der Waals surface area contributed by atoms with Gasteiger partial charge in [0.25, 0.3) is 0 Å². The fourth-order valence-corrected chi connectivity index (χ4v) is 2.46. The average molecular weight is 293 g/mol. The van der Waals surface area contributed by atoms with Crippen LogP contribution in [0.25, 0.3) is 0 Å². The molecule has 0 saturated heterocycles. The molecule has 5 heteroatoms. The monoisotopic (exact) mass is 293 g/mol. The van der Waals surface area contributed by atoms with Crippen molar-refractivity contribution in [3.05, 3.63) is 30.1 Å². The van der Waals surface area contributed by atoms with Crippen molar-refractivity contribution in [2.45, 2.75) is 58.1 Å². The summed E-state index contributed by atoms with van der Waals surface area (Å²) >= 11 is 0. The highest BCUT2D eigenvalue weighted by Gasteiger charge is 2.25. The zero-order valence-corrected chi connectivity index (χ0v) is 13.2. The molecule has 118 valence electrons. The zero-order chi connectivity index (χ0) is 15.7. The van der Waals surface area contributed by atoms with Crippen LogP contribution in [-0.2, 0) is 0 Å². The number of aliphatic hydroxyl groups is 1. The number of rotatable bonds is 8. The van der Waals surface area contributed by atoms with E-state index < -0.39 is 5.60 Å². The van der Waals surface area contributed by atoms with Gasteiger partial charge in [0.05, 0.1) is 11.6 Å². The Kier molecular flexibility index (Phi) is 7.15. The fourth-order valence-electron chi connectivity index (χ4n) is 2.46. The second-order valence-electron chi connectivity index (χ2n) is 5.55. The van der Waals surface area contributed by atoms with Crippen LogP contribution in [0, 0.1) is 0 Å². The van der Waals surface area contributed by atoms with Gasteiger partial charge < -0.3 is 15.7 Å². The van der Waals surface area contributed by atoms with Crippen molar-refractivity contribution in [3.63, 3.8) is 0 Å². The van der Waals surface area contributed by atoms with Crippen molar-refractivity contribution in [1.82, 2.24) is 15.6 Å². The molecule has 1 rings (SSSR count). The van der Waals surface area contributed by atoms with Gasteiger partial charge in [0.1, 0.15) is 0 Å². The third-order valence-electron chi connectivity index (χ3n) is 3.56. The average Bonchev–Trinajstić information content (AvgIpc) is 2.47. The lowest BCUT2D eigenvalue weighted by Gasteiger charge is -2.28. The molecule has 1 heterocycles. The molecule has 0 radical (unpaired) electrons. The van der Waals surface area contributed by atoms with E-state index in [1.54, 1.807) is 12.4 Å². The van der Waals surface area contributed by atoms with E-state index in [4.69, 9.17) is 0 Å². The van der Waals surface area contributed by atoms with Crippen molar-refractivity contribution < 1.29 is 9.90 Å². The Morgan fingerprint density at radius 3 is 2.38 bits per heavy atom. The van der Waals surface area contributed by atoms with E-state index in [1.165, 1.54) is 0 Å². The SMILES string of the molecule is CCCC(O)(CCC)CNC(=O)NC(C)c1ccncc1. The molecular weight excluding hydrogens is 266 g/mol. The molecule has 21 heavy (non-hydrogen) atoms. The first kappa shape index (κ1) is 17.4. The molecule has 2 amide bonds. The van der Waals surface area contributed by atoms with Crippen molar-refractivity contribution in [1.29, 1.82) is 0 Å². The van der Waals surface area contributed by atoms with E-state index in [1.807, 2.05) is 32.9 Å². The van der Waals surface area contributed by atoms with Crippen LogP contribution in [0.15, 0.2) is 24.5 Å². The first-order valence-corrected chi connectivity index (χ1v) is 7.67. The van der Waals surface area contributed by atoms with Gasteiger partial charge in [0, 0.05) is 18.9 Å². The first-order valence-electron chi connectivity index (χ1n) is 7.67. The first-order chi connectivity index (χ1) is 10.0. The van der Waals surface area contributed by atoms with E-state index in [0.29, 0.717) is 12.8 Å². The number of aromatic nitrogens is 1. The zero-order valence-electron chi connectivity index (χ0n) is 13.2. The summed E-state index contributed by atoms with van der Waals surface area (Å²) in [7, 11) is 0. The van der Waals surface area contributed by atoms with Crippen molar-refractivity contribution in [2.24, 2.45) is 0 Å². The highest BCUT2D eigenvalue weighted by molar-refractivity contribution is 5.74. The quantitative estimate of drug-likeness (QED) is 0.690. The van der Waals surface area contributed by atoms with Gasteiger partial charge in [-0.1, -0.05) is 26.7 Å². The van der Waals surface area contributed by atoms with E-state index >= 15 is 0 Å². The molecular formula is C16H27N3O2. The summed E-state index contributed by atoms with van der Waals surface area (Å²) in [6.45, 7) is 6.27. The second-order valence-corrected chi connectivity index (χ2v) is 5.55. The molecule has 0 bridgehead atoms. The molecule has 0 aliphatic carbocycles. The van der Waals surface area contributed by atoms with Crippen molar-refractivity contribution in [2.75, 3.05) is 6.54 Å². The number of hydrogen-bond acceptors (Lipinski definition) is 3. The molecule has 0 aliphatic rings. The lowest BCUT2D eigenvalue weighted by atomic mass is 9.93. The molecule has 3 N–H and O–H groups in total. The van der Waals surface area contributed by atoms with Crippen LogP contribution in [0.4, 0.5) is 4.79 Å². The minimum Gasteiger partial charge on any atom is -0.388 e. The number of nitrogens with zero attached hydrogens (tertiary/aromatic N) is 1. The van der Waals surface area contributed by atoms with Crippen molar-refractivity contribution >= 4 is 6.03 Å². The van der Waals surface area contributed by atoms with E-state index in [2.05, 4.69) is 15.6 Å².